The molecule has 2 aliphatic rings. The molecule has 0 amide bonds. The van der Waals surface area contributed by atoms with E-state index in [1.54, 1.807) is 20.3 Å². The first kappa shape index (κ1) is 9.90. The molecule has 1 N–H and O–H groups in total. The second-order valence-corrected chi connectivity index (χ2v) is 4.00. The Bertz CT molecular complexity index is 280. The Morgan fingerprint density at radius 1 is 1.43 bits per heavy atom. The van der Waals surface area contributed by atoms with Crippen molar-refractivity contribution in [1.29, 1.82) is 0 Å². The summed E-state index contributed by atoms with van der Waals surface area (Å²) in [6, 6.07) is 0. The van der Waals surface area contributed by atoms with Crippen LogP contribution in [0.2, 0.25) is 0 Å². The van der Waals surface area contributed by atoms with E-state index in [1.165, 1.54) is 0 Å². The van der Waals surface area contributed by atoms with Gasteiger partial charge in [0.15, 0.2) is 5.79 Å². The SMILES string of the molecule is C=C[C@@]1(O)C[C@H]2C=C[C@@H]1C2(OC)OC. The van der Waals surface area contributed by atoms with Crippen LogP contribution in [0.1, 0.15) is 6.42 Å². The number of rotatable bonds is 3. The van der Waals surface area contributed by atoms with Gasteiger partial charge >= 0.3 is 0 Å². The average Bonchev–Trinajstić information content (AvgIpc) is 2.68. The van der Waals surface area contributed by atoms with Crippen LogP contribution in [0, 0.1) is 11.8 Å². The largest absolute Gasteiger partial charge is 0.385 e. The van der Waals surface area contributed by atoms with E-state index in [0.29, 0.717) is 6.42 Å². The van der Waals surface area contributed by atoms with Crippen LogP contribution in [0.4, 0.5) is 0 Å². The molecule has 14 heavy (non-hydrogen) atoms. The standard InChI is InChI=1S/C11H16O3/c1-4-10(12)7-8-5-6-9(10)11(8,13-2)14-3/h4-6,8-9,12H,1,7H2,2-3H3/t8-,9+,10-/m1/s1. The highest BCUT2D eigenvalue weighted by atomic mass is 16.7. The summed E-state index contributed by atoms with van der Waals surface area (Å²) in [6.45, 7) is 3.67. The lowest BCUT2D eigenvalue weighted by atomic mass is 9.88. The second kappa shape index (κ2) is 2.92. The lowest BCUT2D eigenvalue weighted by Gasteiger charge is -2.34. The number of methoxy groups -OCH3 is 2. The second-order valence-electron chi connectivity index (χ2n) is 4.00. The van der Waals surface area contributed by atoms with E-state index < -0.39 is 11.4 Å². The molecule has 3 atom stereocenters. The van der Waals surface area contributed by atoms with Gasteiger partial charge in [-0.3, -0.25) is 0 Å². The maximum Gasteiger partial charge on any atom is 0.183 e. The third-order valence-corrected chi connectivity index (χ3v) is 3.56. The smallest absolute Gasteiger partial charge is 0.183 e. The van der Waals surface area contributed by atoms with Gasteiger partial charge in [0.2, 0.25) is 0 Å². The molecule has 0 aromatic rings. The summed E-state index contributed by atoms with van der Waals surface area (Å²) in [5.74, 6) is -0.721. The van der Waals surface area contributed by atoms with Gasteiger partial charge in [0.25, 0.3) is 0 Å². The number of ether oxygens (including phenoxy) is 2. The normalized spacial score (nSPS) is 43.1. The minimum absolute atomic E-state index is 0.116. The van der Waals surface area contributed by atoms with E-state index in [1.807, 2.05) is 6.08 Å². The molecule has 3 nitrogen and oxygen atoms in total. The molecular weight excluding hydrogens is 180 g/mol. The summed E-state index contributed by atoms with van der Waals surface area (Å²) in [4.78, 5) is 0. The third-order valence-electron chi connectivity index (χ3n) is 3.56. The molecule has 0 aromatic carbocycles. The first-order chi connectivity index (χ1) is 6.63. The van der Waals surface area contributed by atoms with Crippen molar-refractivity contribution >= 4 is 0 Å². The summed E-state index contributed by atoms with van der Waals surface area (Å²) in [5, 5.41) is 10.3. The average molecular weight is 196 g/mol. The highest BCUT2D eigenvalue weighted by Gasteiger charge is 2.63. The monoisotopic (exact) mass is 196 g/mol. The summed E-state index contributed by atoms with van der Waals surface area (Å²) in [5.41, 5.74) is -0.883. The third kappa shape index (κ3) is 0.922. The Morgan fingerprint density at radius 3 is 2.43 bits per heavy atom. The zero-order valence-corrected chi connectivity index (χ0v) is 8.56. The molecule has 2 rings (SSSR count). The summed E-state index contributed by atoms with van der Waals surface area (Å²) >= 11 is 0. The molecule has 3 heteroatoms. The fourth-order valence-corrected chi connectivity index (χ4v) is 2.80. The van der Waals surface area contributed by atoms with Crippen molar-refractivity contribution in [3.63, 3.8) is 0 Å². The molecular formula is C11H16O3. The van der Waals surface area contributed by atoms with Gasteiger partial charge in [-0.05, 0) is 6.42 Å². The topological polar surface area (TPSA) is 38.7 Å². The fourth-order valence-electron chi connectivity index (χ4n) is 2.80. The van der Waals surface area contributed by atoms with Crippen molar-refractivity contribution in [1.82, 2.24) is 0 Å². The summed E-state index contributed by atoms with van der Waals surface area (Å²) in [7, 11) is 3.23. The fraction of sp³-hybridized carbons (Fsp3) is 0.636. The predicted molar refractivity (Wildman–Crippen MR) is 52.6 cm³/mol. The molecule has 78 valence electrons. The molecule has 2 aliphatic carbocycles. The van der Waals surface area contributed by atoms with Gasteiger partial charge in [0.1, 0.15) is 0 Å². The van der Waals surface area contributed by atoms with Crippen LogP contribution < -0.4 is 0 Å². The zero-order valence-electron chi connectivity index (χ0n) is 8.56. The van der Waals surface area contributed by atoms with Crippen molar-refractivity contribution in [2.45, 2.75) is 17.8 Å². The van der Waals surface area contributed by atoms with Crippen LogP contribution in [0.25, 0.3) is 0 Å². The van der Waals surface area contributed by atoms with Gasteiger partial charge in [-0.15, -0.1) is 6.58 Å². The Kier molecular flexibility index (Phi) is 2.07. The maximum absolute atomic E-state index is 10.3. The van der Waals surface area contributed by atoms with E-state index in [-0.39, 0.29) is 11.8 Å². The van der Waals surface area contributed by atoms with Gasteiger partial charge in [0.05, 0.1) is 11.5 Å². The highest BCUT2D eigenvalue weighted by molar-refractivity contribution is 5.29. The summed E-state index contributed by atoms with van der Waals surface area (Å²) < 4.78 is 10.9. The van der Waals surface area contributed by atoms with E-state index in [2.05, 4.69) is 12.7 Å². The number of hydrogen-bond donors (Lipinski definition) is 1. The lowest BCUT2D eigenvalue weighted by Crippen LogP contribution is -2.44. The molecule has 0 spiro atoms. The number of aliphatic hydroxyl groups is 1. The highest BCUT2D eigenvalue weighted by Crippen LogP contribution is 2.55. The minimum atomic E-state index is -0.883. The van der Waals surface area contributed by atoms with Crippen molar-refractivity contribution < 1.29 is 14.6 Å². The van der Waals surface area contributed by atoms with Crippen molar-refractivity contribution in [2.24, 2.45) is 11.8 Å². The molecule has 1 saturated carbocycles. The van der Waals surface area contributed by atoms with Crippen LogP contribution in [-0.4, -0.2) is 30.7 Å². The molecule has 0 aliphatic heterocycles. The molecule has 2 bridgehead atoms. The van der Waals surface area contributed by atoms with Gasteiger partial charge < -0.3 is 14.6 Å². The van der Waals surface area contributed by atoms with E-state index in [9.17, 15) is 5.11 Å². The first-order valence-electron chi connectivity index (χ1n) is 4.77. The lowest BCUT2D eigenvalue weighted by molar-refractivity contribution is -0.237. The predicted octanol–water partition coefficient (Wildman–Crippen LogP) is 1.10. The Hall–Kier alpha value is -0.640. The van der Waals surface area contributed by atoms with Crippen molar-refractivity contribution in [3.8, 4) is 0 Å². The molecule has 1 fully saturated rings. The van der Waals surface area contributed by atoms with Gasteiger partial charge in [-0.1, -0.05) is 18.2 Å². The quantitative estimate of drug-likeness (QED) is 0.542. The van der Waals surface area contributed by atoms with Gasteiger partial charge in [0, 0.05) is 20.1 Å². The Labute approximate surface area is 84.0 Å². The first-order valence-corrected chi connectivity index (χ1v) is 4.77. The van der Waals surface area contributed by atoms with Crippen LogP contribution in [0.5, 0.6) is 0 Å². The maximum atomic E-state index is 10.3. The molecule has 0 aromatic heterocycles. The zero-order chi connectivity index (χ0) is 10.4. The Balaban J connectivity index is 2.40. The van der Waals surface area contributed by atoms with Crippen molar-refractivity contribution in [2.75, 3.05) is 14.2 Å². The van der Waals surface area contributed by atoms with E-state index >= 15 is 0 Å². The van der Waals surface area contributed by atoms with Crippen LogP contribution in [-0.2, 0) is 9.47 Å². The number of hydrogen-bond acceptors (Lipinski definition) is 3. The molecule has 0 saturated heterocycles. The minimum Gasteiger partial charge on any atom is -0.385 e. The molecule has 0 heterocycles. The van der Waals surface area contributed by atoms with Gasteiger partial charge in [-0.2, -0.15) is 0 Å². The molecule has 0 radical (unpaired) electrons. The van der Waals surface area contributed by atoms with E-state index in [0.717, 1.165) is 0 Å². The summed E-state index contributed by atoms with van der Waals surface area (Å²) in [6.07, 6.45) is 6.23. The van der Waals surface area contributed by atoms with Crippen LogP contribution >= 0.6 is 0 Å². The van der Waals surface area contributed by atoms with Gasteiger partial charge in [-0.25, -0.2) is 0 Å². The Morgan fingerprint density at radius 2 is 2.07 bits per heavy atom. The van der Waals surface area contributed by atoms with Crippen molar-refractivity contribution in [3.05, 3.63) is 24.8 Å². The van der Waals surface area contributed by atoms with E-state index in [4.69, 9.17) is 9.47 Å². The molecule has 0 unspecified atom stereocenters. The van der Waals surface area contributed by atoms with Crippen LogP contribution in [0.15, 0.2) is 24.8 Å². The number of fused-ring (bicyclic) bond motifs is 2. The van der Waals surface area contributed by atoms with Crippen LogP contribution in [0.3, 0.4) is 0 Å².